The standard InChI is InChI=1S/C12H19NO/c1-9(2)13(4)11-6-7-12(14-5)10(3)8-11/h6-9H,1-5H3. The molecule has 0 aliphatic rings. The maximum atomic E-state index is 5.22. The van der Waals surface area contributed by atoms with E-state index in [2.05, 4.69) is 44.9 Å². The number of benzene rings is 1. The van der Waals surface area contributed by atoms with E-state index in [1.165, 1.54) is 11.3 Å². The van der Waals surface area contributed by atoms with Crippen LogP contribution in [-0.4, -0.2) is 20.2 Å². The zero-order valence-electron chi connectivity index (χ0n) is 9.66. The fourth-order valence-corrected chi connectivity index (χ4v) is 1.38. The Morgan fingerprint density at radius 3 is 2.36 bits per heavy atom. The van der Waals surface area contributed by atoms with Crippen LogP contribution in [0.1, 0.15) is 19.4 Å². The Balaban J connectivity index is 2.96. The van der Waals surface area contributed by atoms with Crippen molar-refractivity contribution in [2.45, 2.75) is 26.8 Å². The summed E-state index contributed by atoms with van der Waals surface area (Å²) < 4.78 is 5.22. The average molecular weight is 193 g/mol. The maximum Gasteiger partial charge on any atom is 0.121 e. The Bertz CT molecular complexity index is 307. The van der Waals surface area contributed by atoms with Crippen LogP contribution in [0.4, 0.5) is 5.69 Å². The maximum absolute atomic E-state index is 5.22. The molecule has 0 amide bonds. The zero-order chi connectivity index (χ0) is 10.7. The number of rotatable bonds is 3. The number of anilines is 1. The lowest BCUT2D eigenvalue weighted by Crippen LogP contribution is -2.25. The van der Waals surface area contributed by atoms with Crippen LogP contribution in [0.3, 0.4) is 0 Å². The molecule has 0 aliphatic carbocycles. The molecule has 0 bridgehead atoms. The van der Waals surface area contributed by atoms with Gasteiger partial charge in [-0.1, -0.05) is 0 Å². The Hall–Kier alpha value is -1.18. The molecule has 1 rings (SSSR count). The highest BCUT2D eigenvalue weighted by Gasteiger charge is 2.06. The highest BCUT2D eigenvalue weighted by molar-refractivity contribution is 5.52. The SMILES string of the molecule is COc1ccc(N(C)C(C)C)cc1C. The van der Waals surface area contributed by atoms with Gasteiger partial charge in [-0.25, -0.2) is 0 Å². The molecule has 2 nitrogen and oxygen atoms in total. The Morgan fingerprint density at radius 1 is 1.29 bits per heavy atom. The van der Waals surface area contributed by atoms with Crippen molar-refractivity contribution in [3.05, 3.63) is 23.8 Å². The van der Waals surface area contributed by atoms with Crippen LogP contribution in [0.2, 0.25) is 0 Å². The number of ether oxygens (including phenoxy) is 1. The first-order valence-electron chi connectivity index (χ1n) is 4.93. The molecule has 0 spiro atoms. The van der Waals surface area contributed by atoms with Crippen molar-refractivity contribution in [3.8, 4) is 5.75 Å². The molecule has 2 heteroatoms. The van der Waals surface area contributed by atoms with Gasteiger partial charge < -0.3 is 9.64 Å². The smallest absolute Gasteiger partial charge is 0.121 e. The summed E-state index contributed by atoms with van der Waals surface area (Å²) in [6.07, 6.45) is 0. The number of nitrogens with zero attached hydrogens (tertiary/aromatic N) is 1. The first kappa shape index (κ1) is 10.9. The van der Waals surface area contributed by atoms with Gasteiger partial charge in [-0.3, -0.25) is 0 Å². The molecule has 0 aromatic heterocycles. The summed E-state index contributed by atoms with van der Waals surface area (Å²) in [7, 11) is 3.81. The van der Waals surface area contributed by atoms with Gasteiger partial charge in [-0.15, -0.1) is 0 Å². The molecule has 0 unspecified atom stereocenters. The quantitative estimate of drug-likeness (QED) is 0.732. The van der Waals surface area contributed by atoms with E-state index in [-0.39, 0.29) is 0 Å². The topological polar surface area (TPSA) is 12.5 Å². The van der Waals surface area contributed by atoms with Crippen molar-refractivity contribution in [1.82, 2.24) is 0 Å². The molecule has 14 heavy (non-hydrogen) atoms. The third-order valence-electron chi connectivity index (χ3n) is 2.56. The van der Waals surface area contributed by atoms with Gasteiger partial charge in [0.15, 0.2) is 0 Å². The lowest BCUT2D eigenvalue weighted by molar-refractivity contribution is 0.411. The van der Waals surface area contributed by atoms with Crippen LogP contribution in [0.5, 0.6) is 5.75 Å². The van der Waals surface area contributed by atoms with Crippen LogP contribution < -0.4 is 9.64 Å². The lowest BCUT2D eigenvalue weighted by Gasteiger charge is -2.24. The van der Waals surface area contributed by atoms with Gasteiger partial charge in [0.05, 0.1) is 7.11 Å². The predicted molar refractivity (Wildman–Crippen MR) is 61.3 cm³/mol. The van der Waals surface area contributed by atoms with Gasteiger partial charge >= 0.3 is 0 Å². The summed E-state index contributed by atoms with van der Waals surface area (Å²) in [5, 5.41) is 0. The number of hydrogen-bond acceptors (Lipinski definition) is 2. The fourth-order valence-electron chi connectivity index (χ4n) is 1.38. The van der Waals surface area contributed by atoms with Crippen molar-refractivity contribution < 1.29 is 4.74 Å². The summed E-state index contributed by atoms with van der Waals surface area (Å²) in [5.74, 6) is 0.950. The normalized spacial score (nSPS) is 10.4. The van der Waals surface area contributed by atoms with Gasteiger partial charge in [0.1, 0.15) is 5.75 Å². The second-order valence-corrected chi connectivity index (χ2v) is 3.86. The van der Waals surface area contributed by atoms with Gasteiger partial charge in [-0.2, -0.15) is 0 Å². The summed E-state index contributed by atoms with van der Waals surface area (Å²) in [4.78, 5) is 2.24. The van der Waals surface area contributed by atoms with Crippen LogP contribution >= 0.6 is 0 Å². The summed E-state index contributed by atoms with van der Waals surface area (Å²) in [6, 6.07) is 6.77. The van der Waals surface area contributed by atoms with Crippen LogP contribution in [-0.2, 0) is 0 Å². The highest BCUT2D eigenvalue weighted by atomic mass is 16.5. The summed E-state index contributed by atoms with van der Waals surface area (Å²) >= 11 is 0. The van der Waals surface area contributed by atoms with E-state index in [4.69, 9.17) is 4.74 Å². The molecule has 0 aliphatic heterocycles. The molecule has 78 valence electrons. The van der Waals surface area contributed by atoms with E-state index in [0.29, 0.717) is 6.04 Å². The Labute approximate surface area is 86.5 Å². The predicted octanol–water partition coefficient (Wildman–Crippen LogP) is 2.85. The highest BCUT2D eigenvalue weighted by Crippen LogP contribution is 2.24. The fraction of sp³-hybridized carbons (Fsp3) is 0.500. The van der Waals surface area contributed by atoms with Gasteiger partial charge in [-0.05, 0) is 44.5 Å². The minimum absolute atomic E-state index is 0.516. The second kappa shape index (κ2) is 4.36. The molecule has 0 saturated heterocycles. The molecule has 0 N–H and O–H groups in total. The van der Waals surface area contributed by atoms with Gasteiger partial charge in [0.2, 0.25) is 0 Å². The molecule has 0 radical (unpaired) electrons. The van der Waals surface area contributed by atoms with Crippen LogP contribution in [0.15, 0.2) is 18.2 Å². The molecular weight excluding hydrogens is 174 g/mol. The Morgan fingerprint density at radius 2 is 1.93 bits per heavy atom. The molecule has 0 atom stereocenters. The van der Waals surface area contributed by atoms with E-state index in [1.54, 1.807) is 7.11 Å². The minimum Gasteiger partial charge on any atom is -0.496 e. The largest absolute Gasteiger partial charge is 0.496 e. The molecular formula is C12H19NO. The van der Waals surface area contributed by atoms with Crippen LogP contribution in [0.25, 0.3) is 0 Å². The second-order valence-electron chi connectivity index (χ2n) is 3.86. The molecule has 1 aromatic carbocycles. The van der Waals surface area contributed by atoms with E-state index < -0.39 is 0 Å². The minimum atomic E-state index is 0.516. The first-order chi connectivity index (χ1) is 6.56. The third kappa shape index (κ3) is 2.19. The van der Waals surface area contributed by atoms with E-state index in [9.17, 15) is 0 Å². The number of hydrogen-bond donors (Lipinski definition) is 0. The van der Waals surface area contributed by atoms with Crippen molar-refractivity contribution in [3.63, 3.8) is 0 Å². The van der Waals surface area contributed by atoms with Gasteiger partial charge in [0, 0.05) is 18.8 Å². The average Bonchev–Trinajstić information content (AvgIpc) is 2.16. The number of aryl methyl sites for hydroxylation is 1. The monoisotopic (exact) mass is 193 g/mol. The van der Waals surface area contributed by atoms with Crippen molar-refractivity contribution in [2.75, 3.05) is 19.1 Å². The summed E-state index contributed by atoms with van der Waals surface area (Å²) in [6.45, 7) is 6.43. The van der Waals surface area contributed by atoms with E-state index in [1.807, 2.05) is 6.07 Å². The van der Waals surface area contributed by atoms with Crippen molar-refractivity contribution in [2.24, 2.45) is 0 Å². The van der Waals surface area contributed by atoms with Crippen molar-refractivity contribution in [1.29, 1.82) is 0 Å². The first-order valence-corrected chi connectivity index (χ1v) is 4.93. The zero-order valence-corrected chi connectivity index (χ0v) is 9.66. The van der Waals surface area contributed by atoms with Crippen molar-refractivity contribution >= 4 is 5.69 Å². The molecule has 1 aromatic rings. The Kier molecular flexibility index (Phi) is 3.39. The number of methoxy groups -OCH3 is 1. The third-order valence-corrected chi connectivity index (χ3v) is 2.56. The lowest BCUT2D eigenvalue weighted by atomic mass is 10.1. The molecule has 0 saturated carbocycles. The molecule has 0 heterocycles. The molecule has 0 fully saturated rings. The van der Waals surface area contributed by atoms with E-state index >= 15 is 0 Å². The van der Waals surface area contributed by atoms with E-state index in [0.717, 1.165) is 5.75 Å². The van der Waals surface area contributed by atoms with Crippen LogP contribution in [0, 0.1) is 6.92 Å². The van der Waals surface area contributed by atoms with Gasteiger partial charge in [0.25, 0.3) is 0 Å². The summed E-state index contributed by atoms with van der Waals surface area (Å²) in [5.41, 5.74) is 2.41.